The molecular formula is C13H25N3O2. The molecule has 0 bridgehead atoms. The lowest BCUT2D eigenvalue weighted by Crippen LogP contribution is -2.39. The van der Waals surface area contributed by atoms with E-state index in [1.54, 1.807) is 18.0 Å². The molecule has 0 saturated heterocycles. The molecule has 0 amide bonds. The minimum absolute atomic E-state index is 0.0309. The third kappa shape index (κ3) is 3.71. The molecule has 1 atom stereocenters. The Morgan fingerprint density at radius 1 is 1.44 bits per heavy atom. The lowest BCUT2D eigenvalue weighted by Gasteiger charge is -2.24. The Kier molecular flexibility index (Phi) is 4.76. The highest BCUT2D eigenvalue weighted by molar-refractivity contribution is 5.28. The van der Waals surface area contributed by atoms with Gasteiger partial charge in [0.1, 0.15) is 11.8 Å². The summed E-state index contributed by atoms with van der Waals surface area (Å²) in [6.45, 7) is 10.7. The largest absolute Gasteiger partial charge is 0.493 e. The zero-order valence-electron chi connectivity index (χ0n) is 12.2. The van der Waals surface area contributed by atoms with Gasteiger partial charge in [-0.1, -0.05) is 0 Å². The van der Waals surface area contributed by atoms with Crippen molar-refractivity contribution in [3.8, 4) is 5.75 Å². The molecule has 104 valence electrons. The summed E-state index contributed by atoms with van der Waals surface area (Å²) in [6, 6.07) is 0.188. The lowest BCUT2D eigenvalue weighted by atomic mass is 10.1. The molecule has 0 aliphatic heterocycles. The third-order valence-electron chi connectivity index (χ3n) is 2.65. The van der Waals surface area contributed by atoms with Crippen LogP contribution in [-0.2, 0) is 0 Å². The number of aromatic nitrogens is 2. The van der Waals surface area contributed by atoms with Crippen molar-refractivity contribution in [2.45, 2.75) is 52.3 Å². The summed E-state index contributed by atoms with van der Waals surface area (Å²) in [6.07, 6.45) is 1.01. The minimum Gasteiger partial charge on any atom is -0.493 e. The predicted octanol–water partition coefficient (Wildman–Crippen LogP) is 1.89. The van der Waals surface area contributed by atoms with Gasteiger partial charge in [-0.25, -0.2) is 0 Å². The van der Waals surface area contributed by atoms with Crippen molar-refractivity contribution in [3.05, 3.63) is 11.9 Å². The molecule has 0 saturated carbocycles. The fraction of sp³-hybridized carbons (Fsp3) is 0.769. The average molecular weight is 255 g/mol. The molecule has 1 heterocycles. The molecule has 0 fully saturated rings. The van der Waals surface area contributed by atoms with Crippen LogP contribution in [-0.4, -0.2) is 34.1 Å². The van der Waals surface area contributed by atoms with E-state index in [0.717, 1.165) is 5.69 Å². The molecule has 0 spiro atoms. The Bertz CT molecular complexity index is 380. The second-order valence-corrected chi connectivity index (χ2v) is 5.78. The van der Waals surface area contributed by atoms with Gasteiger partial charge in [0.2, 0.25) is 0 Å². The normalized spacial score (nSPS) is 14.0. The van der Waals surface area contributed by atoms with Gasteiger partial charge >= 0.3 is 0 Å². The zero-order chi connectivity index (χ0) is 13.9. The maximum atomic E-state index is 10.3. The highest BCUT2D eigenvalue weighted by atomic mass is 16.5. The van der Waals surface area contributed by atoms with Gasteiger partial charge in [-0.15, -0.1) is 0 Å². The third-order valence-corrected chi connectivity index (χ3v) is 2.65. The molecule has 1 unspecified atom stereocenters. The van der Waals surface area contributed by atoms with Gasteiger partial charge in [0, 0.05) is 18.1 Å². The number of aliphatic hydroxyl groups excluding tert-OH is 1. The summed E-state index contributed by atoms with van der Waals surface area (Å²) in [7, 11) is 1.59. The van der Waals surface area contributed by atoms with Crippen molar-refractivity contribution in [1.29, 1.82) is 0 Å². The molecule has 5 heteroatoms. The Morgan fingerprint density at radius 3 is 2.50 bits per heavy atom. The average Bonchev–Trinajstić information content (AvgIpc) is 2.68. The van der Waals surface area contributed by atoms with Crippen LogP contribution in [0.1, 0.15) is 52.5 Å². The number of aliphatic hydroxyl groups is 1. The summed E-state index contributed by atoms with van der Waals surface area (Å²) in [5.41, 5.74) is 0.695. The van der Waals surface area contributed by atoms with Crippen molar-refractivity contribution >= 4 is 0 Å². The zero-order valence-corrected chi connectivity index (χ0v) is 12.2. The number of ether oxygens (including phenoxy) is 1. The Labute approximate surface area is 109 Å². The molecule has 5 nitrogen and oxygen atoms in total. The predicted molar refractivity (Wildman–Crippen MR) is 71.9 cm³/mol. The van der Waals surface area contributed by atoms with Crippen molar-refractivity contribution in [2.75, 3.05) is 13.7 Å². The molecule has 2 N–H and O–H groups in total. The van der Waals surface area contributed by atoms with Gasteiger partial charge in [0.05, 0.1) is 13.3 Å². The van der Waals surface area contributed by atoms with Gasteiger partial charge in [-0.05, 0) is 34.6 Å². The van der Waals surface area contributed by atoms with Crippen molar-refractivity contribution < 1.29 is 9.84 Å². The quantitative estimate of drug-likeness (QED) is 0.843. The van der Waals surface area contributed by atoms with Gasteiger partial charge in [0.25, 0.3) is 0 Å². The molecule has 0 aliphatic carbocycles. The van der Waals surface area contributed by atoms with Gasteiger partial charge in [-0.3, -0.25) is 4.68 Å². The monoisotopic (exact) mass is 255 g/mol. The van der Waals surface area contributed by atoms with E-state index in [0.29, 0.717) is 12.3 Å². The number of hydrogen-bond acceptors (Lipinski definition) is 4. The minimum atomic E-state index is -0.635. The van der Waals surface area contributed by atoms with Crippen LogP contribution in [0.4, 0.5) is 0 Å². The molecule has 0 aromatic carbocycles. The molecule has 0 radical (unpaired) electrons. The van der Waals surface area contributed by atoms with E-state index in [-0.39, 0.29) is 11.6 Å². The first-order valence-corrected chi connectivity index (χ1v) is 6.30. The van der Waals surface area contributed by atoms with Crippen LogP contribution < -0.4 is 10.1 Å². The smallest absolute Gasteiger partial charge is 0.162 e. The molecule has 0 aliphatic rings. The maximum absolute atomic E-state index is 10.3. The van der Waals surface area contributed by atoms with Crippen molar-refractivity contribution in [2.24, 2.45) is 0 Å². The fourth-order valence-electron chi connectivity index (χ4n) is 1.74. The standard InChI is InChI=1S/C13H25N3O2/c1-9(2)16-12(11(18-6)8-15-16)10(17)7-14-13(3,4)5/h8-10,14,17H,7H2,1-6H3. The first-order chi connectivity index (χ1) is 8.26. The number of β-amino-alcohol motifs (C(OH)–C–C–N with tert-alkyl or cyclic N) is 1. The maximum Gasteiger partial charge on any atom is 0.162 e. The van der Waals surface area contributed by atoms with Gasteiger partial charge in [0.15, 0.2) is 5.75 Å². The first kappa shape index (κ1) is 15.0. The summed E-state index contributed by atoms with van der Waals surface area (Å²) >= 11 is 0. The summed E-state index contributed by atoms with van der Waals surface area (Å²) in [5.74, 6) is 0.631. The van der Waals surface area contributed by atoms with Crippen molar-refractivity contribution in [1.82, 2.24) is 15.1 Å². The Morgan fingerprint density at radius 2 is 2.06 bits per heavy atom. The first-order valence-electron chi connectivity index (χ1n) is 6.30. The van der Waals surface area contributed by atoms with Crippen LogP contribution in [0.15, 0.2) is 6.20 Å². The number of rotatable bonds is 5. The van der Waals surface area contributed by atoms with Crippen LogP contribution in [0, 0.1) is 0 Å². The summed E-state index contributed by atoms with van der Waals surface area (Å²) in [5, 5.41) is 17.8. The van der Waals surface area contributed by atoms with Crippen LogP contribution in [0.3, 0.4) is 0 Å². The highest BCUT2D eigenvalue weighted by Gasteiger charge is 2.22. The molecule has 1 rings (SSSR count). The number of methoxy groups -OCH3 is 1. The topological polar surface area (TPSA) is 59.3 Å². The summed E-state index contributed by atoms with van der Waals surface area (Å²) in [4.78, 5) is 0. The van der Waals surface area contributed by atoms with Crippen LogP contribution in [0.5, 0.6) is 5.75 Å². The van der Waals surface area contributed by atoms with Gasteiger partial charge in [-0.2, -0.15) is 5.10 Å². The van der Waals surface area contributed by atoms with Crippen molar-refractivity contribution in [3.63, 3.8) is 0 Å². The fourth-order valence-corrected chi connectivity index (χ4v) is 1.74. The van der Waals surface area contributed by atoms with E-state index in [1.807, 2.05) is 13.8 Å². The second kappa shape index (κ2) is 5.71. The molecule has 1 aromatic rings. The number of hydrogen-bond donors (Lipinski definition) is 2. The van der Waals surface area contributed by atoms with E-state index in [4.69, 9.17) is 4.74 Å². The van der Waals surface area contributed by atoms with Crippen LogP contribution >= 0.6 is 0 Å². The molecular weight excluding hydrogens is 230 g/mol. The second-order valence-electron chi connectivity index (χ2n) is 5.78. The summed E-state index contributed by atoms with van der Waals surface area (Å²) < 4.78 is 7.06. The number of nitrogens with one attached hydrogen (secondary N) is 1. The molecule has 18 heavy (non-hydrogen) atoms. The van der Waals surface area contributed by atoms with E-state index in [2.05, 4.69) is 31.2 Å². The van der Waals surface area contributed by atoms with E-state index < -0.39 is 6.10 Å². The van der Waals surface area contributed by atoms with Crippen LogP contribution in [0.2, 0.25) is 0 Å². The van der Waals surface area contributed by atoms with E-state index >= 15 is 0 Å². The Hall–Kier alpha value is -1.07. The lowest BCUT2D eigenvalue weighted by molar-refractivity contribution is 0.147. The van der Waals surface area contributed by atoms with Crippen LogP contribution in [0.25, 0.3) is 0 Å². The highest BCUT2D eigenvalue weighted by Crippen LogP contribution is 2.27. The number of nitrogens with zero attached hydrogens (tertiary/aromatic N) is 2. The van der Waals surface area contributed by atoms with Gasteiger partial charge < -0.3 is 15.2 Å². The molecule has 1 aromatic heterocycles. The van der Waals surface area contributed by atoms with E-state index in [9.17, 15) is 5.11 Å². The van der Waals surface area contributed by atoms with E-state index in [1.165, 1.54) is 0 Å². The SMILES string of the molecule is COc1cnn(C(C)C)c1C(O)CNC(C)(C)C. The Balaban J connectivity index is 2.89.